The molecule has 1 aliphatic carbocycles. The number of nitrogens with zero attached hydrogens (tertiary/aromatic N) is 2. The first-order valence-corrected chi connectivity index (χ1v) is 7.18. The minimum absolute atomic E-state index is 0.196. The van der Waals surface area contributed by atoms with Crippen molar-refractivity contribution < 1.29 is 13.2 Å². The van der Waals surface area contributed by atoms with Crippen LogP contribution in [-0.4, -0.2) is 17.4 Å². The smallest absolute Gasteiger partial charge is 0.290 e. The van der Waals surface area contributed by atoms with E-state index in [1.165, 1.54) is 18.2 Å². The summed E-state index contributed by atoms with van der Waals surface area (Å²) in [6.07, 6.45) is 1.43. The van der Waals surface area contributed by atoms with E-state index in [0.717, 1.165) is 6.42 Å². The monoisotopic (exact) mass is 321 g/mol. The van der Waals surface area contributed by atoms with Gasteiger partial charge in [0.05, 0.1) is 5.71 Å². The highest BCUT2D eigenvalue weighted by Gasteiger charge is 2.59. The molecule has 7 heteroatoms. The molecule has 1 unspecified atom stereocenters. The van der Waals surface area contributed by atoms with Crippen LogP contribution in [0.15, 0.2) is 58.3 Å². The summed E-state index contributed by atoms with van der Waals surface area (Å²) in [6.45, 7) is 0. The SMILES string of the molecule is O=Nc1ccc(C2=NNC(C3=CCCC=C3)(C(F)(F)F)C2)cc1. The minimum Gasteiger partial charge on any atom is -0.290 e. The maximum absolute atomic E-state index is 13.7. The summed E-state index contributed by atoms with van der Waals surface area (Å²) in [6, 6.07) is 6.01. The lowest BCUT2D eigenvalue weighted by Crippen LogP contribution is -2.54. The molecule has 120 valence electrons. The fraction of sp³-hybridized carbons (Fsp3) is 0.312. The fourth-order valence-electron chi connectivity index (χ4n) is 2.80. The lowest BCUT2D eigenvalue weighted by molar-refractivity contribution is -0.179. The Bertz CT molecular complexity index is 704. The Kier molecular flexibility index (Phi) is 3.79. The highest BCUT2D eigenvalue weighted by Crippen LogP contribution is 2.43. The summed E-state index contributed by atoms with van der Waals surface area (Å²) in [7, 11) is 0. The predicted octanol–water partition coefficient (Wildman–Crippen LogP) is 4.36. The Morgan fingerprint density at radius 3 is 2.48 bits per heavy atom. The van der Waals surface area contributed by atoms with Crippen molar-refractivity contribution in [2.45, 2.75) is 31.0 Å². The predicted molar refractivity (Wildman–Crippen MR) is 81.4 cm³/mol. The van der Waals surface area contributed by atoms with E-state index in [0.29, 0.717) is 17.7 Å². The van der Waals surface area contributed by atoms with Gasteiger partial charge >= 0.3 is 6.18 Å². The summed E-state index contributed by atoms with van der Waals surface area (Å²) in [5, 5.41) is 6.70. The summed E-state index contributed by atoms with van der Waals surface area (Å²) < 4.78 is 41.2. The average molecular weight is 321 g/mol. The number of rotatable bonds is 3. The lowest BCUT2D eigenvalue weighted by atomic mass is 9.81. The number of allylic oxidation sites excluding steroid dienone is 2. The van der Waals surface area contributed by atoms with Crippen LogP contribution in [0.1, 0.15) is 24.8 Å². The molecule has 1 N–H and O–H groups in total. The van der Waals surface area contributed by atoms with Crippen LogP contribution in [0.5, 0.6) is 0 Å². The summed E-state index contributed by atoms with van der Waals surface area (Å²) >= 11 is 0. The van der Waals surface area contributed by atoms with Gasteiger partial charge in [0.15, 0.2) is 5.54 Å². The molecule has 0 saturated heterocycles. The molecule has 0 aromatic heterocycles. The van der Waals surface area contributed by atoms with E-state index in [-0.39, 0.29) is 17.7 Å². The van der Waals surface area contributed by atoms with E-state index >= 15 is 0 Å². The van der Waals surface area contributed by atoms with Crippen LogP contribution in [0.3, 0.4) is 0 Å². The van der Waals surface area contributed by atoms with Crippen LogP contribution in [0.25, 0.3) is 0 Å². The van der Waals surface area contributed by atoms with Gasteiger partial charge in [-0.25, -0.2) is 0 Å². The summed E-state index contributed by atoms with van der Waals surface area (Å²) in [4.78, 5) is 10.4. The maximum Gasteiger partial charge on any atom is 0.417 e. The molecule has 3 rings (SSSR count). The van der Waals surface area contributed by atoms with Crippen LogP contribution < -0.4 is 5.43 Å². The van der Waals surface area contributed by atoms with Crippen molar-refractivity contribution in [1.82, 2.24) is 5.43 Å². The van der Waals surface area contributed by atoms with Crippen molar-refractivity contribution in [1.29, 1.82) is 0 Å². The number of hydrogen-bond donors (Lipinski definition) is 1. The van der Waals surface area contributed by atoms with Crippen molar-refractivity contribution in [2.24, 2.45) is 10.3 Å². The largest absolute Gasteiger partial charge is 0.417 e. The molecule has 0 bridgehead atoms. The van der Waals surface area contributed by atoms with E-state index in [2.05, 4.69) is 15.7 Å². The van der Waals surface area contributed by atoms with Gasteiger partial charge in [-0.05, 0) is 41.3 Å². The van der Waals surface area contributed by atoms with Gasteiger partial charge in [0, 0.05) is 6.42 Å². The molecule has 0 amide bonds. The standard InChI is InChI=1S/C16H14F3N3O/c17-16(18,19)15(12-4-2-1-3-5-12)10-14(20-22-15)11-6-8-13(21-23)9-7-11/h2,4-9,22H,1,3,10H2. The Balaban J connectivity index is 1.92. The van der Waals surface area contributed by atoms with E-state index in [9.17, 15) is 18.1 Å². The number of benzene rings is 1. The lowest BCUT2D eigenvalue weighted by Gasteiger charge is -2.33. The maximum atomic E-state index is 13.7. The molecule has 0 spiro atoms. The van der Waals surface area contributed by atoms with Gasteiger partial charge in [0.1, 0.15) is 5.69 Å². The fourth-order valence-corrected chi connectivity index (χ4v) is 2.80. The number of nitrogens with one attached hydrogen (secondary N) is 1. The first kappa shape index (κ1) is 15.5. The van der Waals surface area contributed by atoms with Crippen LogP contribution in [-0.2, 0) is 0 Å². The number of hydrogen-bond acceptors (Lipinski definition) is 4. The summed E-state index contributed by atoms with van der Waals surface area (Å²) in [5.74, 6) is 0. The van der Waals surface area contributed by atoms with E-state index < -0.39 is 11.7 Å². The second-order valence-corrected chi connectivity index (χ2v) is 5.53. The zero-order valence-corrected chi connectivity index (χ0v) is 12.1. The quantitative estimate of drug-likeness (QED) is 0.841. The number of halogens is 3. The molecule has 1 atom stereocenters. The molecule has 2 aliphatic rings. The minimum atomic E-state index is -4.48. The van der Waals surface area contributed by atoms with Crippen molar-refractivity contribution >= 4 is 11.4 Å². The number of hydrazone groups is 1. The van der Waals surface area contributed by atoms with Gasteiger partial charge in [-0.2, -0.15) is 18.3 Å². The first-order valence-electron chi connectivity index (χ1n) is 7.18. The van der Waals surface area contributed by atoms with E-state index in [1.807, 2.05) is 0 Å². The molecular weight excluding hydrogens is 307 g/mol. The van der Waals surface area contributed by atoms with Gasteiger partial charge in [0.25, 0.3) is 0 Å². The third kappa shape index (κ3) is 2.67. The van der Waals surface area contributed by atoms with Gasteiger partial charge in [0.2, 0.25) is 0 Å². The zero-order chi connectivity index (χ0) is 16.5. The molecule has 0 fully saturated rings. The zero-order valence-electron chi connectivity index (χ0n) is 12.1. The van der Waals surface area contributed by atoms with E-state index in [4.69, 9.17) is 0 Å². The van der Waals surface area contributed by atoms with Crippen molar-refractivity contribution in [3.63, 3.8) is 0 Å². The van der Waals surface area contributed by atoms with Gasteiger partial charge in [-0.3, -0.25) is 5.43 Å². The van der Waals surface area contributed by atoms with Gasteiger partial charge in [-0.15, -0.1) is 4.91 Å². The molecule has 1 aliphatic heterocycles. The Morgan fingerprint density at radius 2 is 1.91 bits per heavy atom. The number of nitroso groups, excluding NO2 is 1. The molecule has 1 aromatic rings. The van der Waals surface area contributed by atoms with Gasteiger partial charge in [-0.1, -0.05) is 30.4 Å². The Labute approximate surface area is 130 Å². The molecular formula is C16H14F3N3O. The topological polar surface area (TPSA) is 53.8 Å². The van der Waals surface area contributed by atoms with Crippen LogP contribution >= 0.6 is 0 Å². The van der Waals surface area contributed by atoms with Crippen molar-refractivity contribution in [3.05, 3.63) is 58.5 Å². The third-order valence-electron chi connectivity index (χ3n) is 4.09. The highest BCUT2D eigenvalue weighted by molar-refractivity contribution is 6.03. The average Bonchev–Trinajstić information content (AvgIpc) is 3.02. The molecule has 4 nitrogen and oxygen atoms in total. The highest BCUT2D eigenvalue weighted by atomic mass is 19.4. The van der Waals surface area contributed by atoms with Crippen molar-refractivity contribution in [3.8, 4) is 0 Å². The van der Waals surface area contributed by atoms with Crippen LogP contribution in [0.4, 0.5) is 18.9 Å². The van der Waals surface area contributed by atoms with E-state index in [1.54, 1.807) is 24.3 Å². The Morgan fingerprint density at radius 1 is 1.17 bits per heavy atom. The second kappa shape index (κ2) is 5.64. The molecule has 0 saturated carbocycles. The third-order valence-corrected chi connectivity index (χ3v) is 4.09. The Hall–Kier alpha value is -2.44. The van der Waals surface area contributed by atoms with Gasteiger partial charge < -0.3 is 0 Å². The molecule has 23 heavy (non-hydrogen) atoms. The second-order valence-electron chi connectivity index (χ2n) is 5.53. The van der Waals surface area contributed by atoms with Crippen LogP contribution in [0, 0.1) is 4.91 Å². The first-order chi connectivity index (χ1) is 11.0. The number of alkyl halides is 3. The van der Waals surface area contributed by atoms with Crippen molar-refractivity contribution in [2.75, 3.05) is 0 Å². The summed E-state index contributed by atoms with van der Waals surface area (Å²) in [5.41, 5.74) is 1.38. The molecule has 1 aromatic carbocycles. The van der Waals surface area contributed by atoms with Crippen LogP contribution in [0.2, 0.25) is 0 Å². The molecule has 1 heterocycles. The normalized spacial score (nSPS) is 24.0. The molecule has 0 radical (unpaired) electrons.